The van der Waals surface area contributed by atoms with E-state index in [1.807, 2.05) is 33.8 Å². The van der Waals surface area contributed by atoms with Crippen LogP contribution in [-0.4, -0.2) is 23.0 Å². The standard InChI is InChI=1S/C23H27NO6/c1-6-7-8-18(22(26)27)24-19(25)10-17-12(3)16-9-15-11(2)14(5)29-20(15)13(4)21(16)30-23(17)28/h9,18H,6-8,10H2,1-5H3,(H,24,25)(H,26,27)/t18-/m0/s1. The lowest BCUT2D eigenvalue weighted by Crippen LogP contribution is -2.42. The largest absolute Gasteiger partial charge is 0.480 e. The molecule has 0 spiro atoms. The van der Waals surface area contributed by atoms with Gasteiger partial charge in [-0.3, -0.25) is 4.79 Å². The molecule has 3 aromatic rings. The number of amides is 1. The van der Waals surface area contributed by atoms with Crippen molar-refractivity contribution in [3.63, 3.8) is 0 Å². The number of carbonyl (C=O) groups is 2. The number of unbranched alkanes of at least 4 members (excludes halogenated alkanes) is 1. The highest BCUT2D eigenvalue weighted by Crippen LogP contribution is 2.34. The molecule has 7 heteroatoms. The fraction of sp³-hybridized carbons (Fsp3) is 0.435. The predicted octanol–water partition coefficient (Wildman–Crippen LogP) is 4.07. The molecule has 0 aliphatic rings. The van der Waals surface area contributed by atoms with Crippen molar-refractivity contribution in [2.75, 3.05) is 0 Å². The first-order chi connectivity index (χ1) is 14.1. The van der Waals surface area contributed by atoms with Gasteiger partial charge in [-0.25, -0.2) is 9.59 Å². The van der Waals surface area contributed by atoms with Crippen molar-refractivity contribution < 1.29 is 23.5 Å². The molecule has 0 saturated heterocycles. The van der Waals surface area contributed by atoms with Crippen LogP contribution in [0.15, 0.2) is 19.7 Å². The lowest BCUT2D eigenvalue weighted by molar-refractivity contribution is -0.142. The van der Waals surface area contributed by atoms with E-state index in [1.165, 1.54) is 0 Å². The van der Waals surface area contributed by atoms with E-state index in [9.17, 15) is 19.5 Å². The van der Waals surface area contributed by atoms with Crippen molar-refractivity contribution >= 4 is 33.8 Å². The summed E-state index contributed by atoms with van der Waals surface area (Å²) in [4.78, 5) is 36.5. The quantitative estimate of drug-likeness (QED) is 0.565. The molecule has 0 unspecified atom stereocenters. The number of hydrogen-bond donors (Lipinski definition) is 2. The molecule has 1 atom stereocenters. The number of aryl methyl sites for hydroxylation is 4. The van der Waals surface area contributed by atoms with Crippen LogP contribution in [0.4, 0.5) is 0 Å². The number of carboxylic acids is 1. The van der Waals surface area contributed by atoms with Crippen molar-refractivity contribution in [2.24, 2.45) is 0 Å². The van der Waals surface area contributed by atoms with Crippen LogP contribution in [0.2, 0.25) is 0 Å². The molecule has 1 aromatic carbocycles. The van der Waals surface area contributed by atoms with Gasteiger partial charge in [-0.15, -0.1) is 0 Å². The van der Waals surface area contributed by atoms with Gasteiger partial charge in [0.25, 0.3) is 0 Å². The van der Waals surface area contributed by atoms with Crippen molar-refractivity contribution in [1.82, 2.24) is 5.32 Å². The Morgan fingerprint density at radius 3 is 2.30 bits per heavy atom. The second kappa shape index (κ2) is 8.34. The molecule has 2 N–H and O–H groups in total. The van der Waals surface area contributed by atoms with Gasteiger partial charge in [0.15, 0.2) is 0 Å². The normalized spacial score (nSPS) is 12.4. The molecule has 3 rings (SSSR count). The van der Waals surface area contributed by atoms with Crippen LogP contribution in [0.5, 0.6) is 0 Å². The fourth-order valence-electron chi connectivity index (χ4n) is 3.77. The summed E-state index contributed by atoms with van der Waals surface area (Å²) < 4.78 is 11.4. The second-order valence-electron chi connectivity index (χ2n) is 7.81. The summed E-state index contributed by atoms with van der Waals surface area (Å²) in [6, 6.07) is 0.952. The van der Waals surface area contributed by atoms with Crippen molar-refractivity contribution in [1.29, 1.82) is 0 Å². The van der Waals surface area contributed by atoms with Crippen LogP contribution in [0.1, 0.15) is 54.2 Å². The first-order valence-electron chi connectivity index (χ1n) is 10.1. The number of hydrogen-bond acceptors (Lipinski definition) is 5. The van der Waals surface area contributed by atoms with Crippen molar-refractivity contribution in [3.8, 4) is 0 Å². The number of benzene rings is 1. The lowest BCUT2D eigenvalue weighted by Gasteiger charge is -2.15. The first-order valence-corrected chi connectivity index (χ1v) is 10.1. The molecule has 2 aromatic heterocycles. The first kappa shape index (κ1) is 21.6. The third kappa shape index (κ3) is 3.84. The van der Waals surface area contributed by atoms with Crippen LogP contribution in [0, 0.1) is 27.7 Å². The summed E-state index contributed by atoms with van der Waals surface area (Å²) in [5.74, 6) is -0.793. The summed E-state index contributed by atoms with van der Waals surface area (Å²) in [6.45, 7) is 9.42. The van der Waals surface area contributed by atoms with E-state index < -0.39 is 23.5 Å². The monoisotopic (exact) mass is 413 g/mol. The SMILES string of the molecule is CCCC[C@H](NC(=O)Cc1c(C)c2cc3c(C)c(C)oc3c(C)c2oc1=O)C(=O)O. The zero-order chi connectivity index (χ0) is 22.2. The Morgan fingerprint density at radius 2 is 1.67 bits per heavy atom. The van der Waals surface area contributed by atoms with Crippen LogP contribution in [-0.2, 0) is 16.0 Å². The Labute approximate surface area is 174 Å². The van der Waals surface area contributed by atoms with E-state index in [-0.39, 0.29) is 12.0 Å². The maximum absolute atomic E-state index is 12.6. The van der Waals surface area contributed by atoms with E-state index in [2.05, 4.69) is 5.32 Å². The highest BCUT2D eigenvalue weighted by atomic mass is 16.4. The number of rotatable bonds is 7. The molecule has 0 aliphatic heterocycles. The van der Waals surface area contributed by atoms with E-state index >= 15 is 0 Å². The summed E-state index contributed by atoms with van der Waals surface area (Å²) in [5.41, 5.74) is 3.16. The Morgan fingerprint density at radius 1 is 1.03 bits per heavy atom. The zero-order valence-corrected chi connectivity index (χ0v) is 18.0. The molecule has 7 nitrogen and oxygen atoms in total. The molecule has 0 bridgehead atoms. The topological polar surface area (TPSA) is 110 Å². The summed E-state index contributed by atoms with van der Waals surface area (Å²) in [7, 11) is 0. The maximum Gasteiger partial charge on any atom is 0.340 e. The van der Waals surface area contributed by atoms with E-state index in [0.29, 0.717) is 29.6 Å². The number of aliphatic carboxylic acids is 1. The number of furan rings is 1. The van der Waals surface area contributed by atoms with Gasteiger partial charge in [0, 0.05) is 16.3 Å². The molecular weight excluding hydrogens is 386 g/mol. The minimum Gasteiger partial charge on any atom is -0.480 e. The fourth-order valence-corrected chi connectivity index (χ4v) is 3.77. The van der Waals surface area contributed by atoms with Crippen LogP contribution in [0.25, 0.3) is 21.9 Å². The Balaban J connectivity index is 2.01. The third-order valence-electron chi connectivity index (χ3n) is 5.76. The molecule has 2 heterocycles. The van der Waals surface area contributed by atoms with E-state index in [0.717, 1.165) is 34.1 Å². The molecule has 1 amide bonds. The summed E-state index contributed by atoms with van der Waals surface area (Å²) in [6.07, 6.45) is 1.63. The Hall–Kier alpha value is -3.09. The van der Waals surface area contributed by atoms with Gasteiger partial charge in [-0.1, -0.05) is 19.8 Å². The number of nitrogens with one attached hydrogen (secondary N) is 1. The van der Waals surface area contributed by atoms with Crippen LogP contribution < -0.4 is 10.9 Å². The lowest BCUT2D eigenvalue weighted by atomic mass is 9.98. The Kier molecular flexibility index (Phi) is 6.01. The minimum absolute atomic E-state index is 0.233. The van der Waals surface area contributed by atoms with Crippen LogP contribution in [0.3, 0.4) is 0 Å². The molecule has 0 saturated carbocycles. The smallest absolute Gasteiger partial charge is 0.340 e. The van der Waals surface area contributed by atoms with Gasteiger partial charge in [-0.05, 0) is 51.3 Å². The number of carboxylic acid groups (broad SMARTS) is 1. The highest BCUT2D eigenvalue weighted by molar-refractivity contribution is 6.00. The molecule has 0 radical (unpaired) electrons. The van der Waals surface area contributed by atoms with E-state index in [1.54, 1.807) is 6.92 Å². The molecular formula is C23H27NO6. The Bertz CT molecular complexity index is 1200. The minimum atomic E-state index is -1.08. The summed E-state index contributed by atoms with van der Waals surface area (Å²) in [5, 5.41) is 13.5. The molecule has 30 heavy (non-hydrogen) atoms. The average molecular weight is 413 g/mol. The number of fused-ring (bicyclic) bond motifs is 2. The number of carbonyl (C=O) groups excluding carboxylic acids is 1. The van der Waals surface area contributed by atoms with Crippen molar-refractivity contribution in [2.45, 2.75) is 66.3 Å². The molecule has 160 valence electrons. The molecule has 0 aliphatic carbocycles. The van der Waals surface area contributed by atoms with Gasteiger partial charge in [0.2, 0.25) is 5.91 Å². The molecule has 0 fully saturated rings. The van der Waals surface area contributed by atoms with E-state index in [4.69, 9.17) is 8.83 Å². The van der Waals surface area contributed by atoms with Gasteiger partial charge in [0.1, 0.15) is 23.0 Å². The van der Waals surface area contributed by atoms with Gasteiger partial charge >= 0.3 is 11.6 Å². The van der Waals surface area contributed by atoms with Crippen molar-refractivity contribution in [3.05, 3.63) is 44.5 Å². The zero-order valence-electron chi connectivity index (χ0n) is 18.0. The van der Waals surface area contributed by atoms with Crippen LogP contribution >= 0.6 is 0 Å². The highest BCUT2D eigenvalue weighted by Gasteiger charge is 2.23. The average Bonchev–Trinajstić information content (AvgIpc) is 2.98. The third-order valence-corrected chi connectivity index (χ3v) is 5.76. The van der Waals surface area contributed by atoms with Gasteiger partial charge < -0.3 is 19.3 Å². The van der Waals surface area contributed by atoms with Gasteiger partial charge in [-0.2, -0.15) is 0 Å². The second-order valence-corrected chi connectivity index (χ2v) is 7.81. The summed E-state index contributed by atoms with van der Waals surface area (Å²) >= 11 is 0. The van der Waals surface area contributed by atoms with Gasteiger partial charge in [0.05, 0.1) is 12.0 Å². The predicted molar refractivity (Wildman–Crippen MR) is 114 cm³/mol. The maximum atomic E-state index is 12.6.